The molecular weight excluding hydrogens is 280 g/mol. The van der Waals surface area contributed by atoms with E-state index in [9.17, 15) is 14.7 Å². The lowest BCUT2D eigenvalue weighted by Gasteiger charge is -2.34. The van der Waals surface area contributed by atoms with Gasteiger partial charge < -0.3 is 15.3 Å². The Balaban J connectivity index is 2.13. The predicted octanol–water partition coefficient (Wildman–Crippen LogP) is 2.14. The first-order chi connectivity index (χ1) is 9.49. The number of aromatic carboxylic acids is 1. The number of carbonyl (C=O) groups is 2. The van der Waals surface area contributed by atoms with Crippen LogP contribution < -0.4 is 10.2 Å². The quantitative estimate of drug-likeness (QED) is 0.896. The number of benzene rings is 1. The fraction of sp³-hybridized carbons (Fsp3) is 0.429. The summed E-state index contributed by atoms with van der Waals surface area (Å²) in [5.74, 6) is -1.05. The number of piperidine rings is 1. The Hall–Kier alpha value is -1.75. The van der Waals surface area contributed by atoms with E-state index in [2.05, 4.69) is 5.32 Å². The number of carbonyl (C=O) groups excluding carboxylic acids is 1. The topological polar surface area (TPSA) is 69.6 Å². The van der Waals surface area contributed by atoms with Crippen molar-refractivity contribution in [2.75, 3.05) is 18.0 Å². The maximum absolute atomic E-state index is 11.3. The molecule has 0 saturated carbocycles. The first-order valence-corrected chi connectivity index (χ1v) is 6.90. The van der Waals surface area contributed by atoms with Crippen LogP contribution in [0.2, 0.25) is 5.02 Å². The van der Waals surface area contributed by atoms with Gasteiger partial charge in [0.15, 0.2) is 0 Å². The summed E-state index contributed by atoms with van der Waals surface area (Å²) in [7, 11) is 0. The fourth-order valence-electron chi connectivity index (χ4n) is 2.54. The molecule has 0 bridgehead atoms. The molecule has 0 atom stereocenters. The van der Waals surface area contributed by atoms with Crippen molar-refractivity contribution in [3.8, 4) is 0 Å². The molecule has 0 unspecified atom stereocenters. The van der Waals surface area contributed by atoms with E-state index >= 15 is 0 Å². The summed E-state index contributed by atoms with van der Waals surface area (Å²) in [6, 6.07) is 5.27. The first-order valence-electron chi connectivity index (χ1n) is 6.53. The molecule has 1 heterocycles. The largest absolute Gasteiger partial charge is 0.478 e. The van der Waals surface area contributed by atoms with Gasteiger partial charge in [0, 0.05) is 26.1 Å². The van der Waals surface area contributed by atoms with Gasteiger partial charge in [-0.05, 0) is 25.0 Å². The Kier molecular flexibility index (Phi) is 4.49. The smallest absolute Gasteiger partial charge is 0.339 e. The van der Waals surface area contributed by atoms with Crippen molar-refractivity contribution in [1.29, 1.82) is 0 Å². The number of amides is 1. The van der Waals surface area contributed by atoms with Crippen molar-refractivity contribution in [3.63, 3.8) is 0 Å². The monoisotopic (exact) mass is 296 g/mol. The van der Waals surface area contributed by atoms with E-state index < -0.39 is 5.97 Å². The lowest BCUT2D eigenvalue weighted by atomic mass is 10.0. The number of rotatable bonds is 3. The summed E-state index contributed by atoms with van der Waals surface area (Å²) in [5, 5.41) is 12.4. The van der Waals surface area contributed by atoms with Crippen molar-refractivity contribution in [1.82, 2.24) is 5.32 Å². The highest BCUT2D eigenvalue weighted by atomic mass is 35.5. The molecule has 1 aliphatic rings. The third-order valence-electron chi connectivity index (χ3n) is 3.45. The standard InChI is InChI=1S/C14H17ClN2O3/c1-9(18)16-10-5-7-17(8-6-10)12-4-2-3-11(15)13(12)14(19)20/h2-4,10H,5-8H2,1H3,(H,16,18)(H,19,20). The highest BCUT2D eigenvalue weighted by Gasteiger charge is 2.24. The normalized spacial score (nSPS) is 16.0. The molecule has 0 radical (unpaired) electrons. The molecule has 6 heteroatoms. The Bertz CT molecular complexity index is 525. The minimum absolute atomic E-state index is 0.0302. The molecular formula is C14H17ClN2O3. The third kappa shape index (κ3) is 3.22. The number of nitrogens with one attached hydrogen (secondary N) is 1. The van der Waals surface area contributed by atoms with Gasteiger partial charge in [0.1, 0.15) is 5.56 Å². The summed E-state index contributed by atoms with van der Waals surface area (Å²) in [4.78, 5) is 24.4. The molecule has 1 aromatic carbocycles. The molecule has 1 amide bonds. The third-order valence-corrected chi connectivity index (χ3v) is 3.76. The Morgan fingerprint density at radius 1 is 1.35 bits per heavy atom. The van der Waals surface area contributed by atoms with Gasteiger partial charge in [-0.1, -0.05) is 17.7 Å². The molecule has 1 fully saturated rings. The summed E-state index contributed by atoms with van der Waals surface area (Å²) >= 11 is 5.98. The molecule has 1 saturated heterocycles. The van der Waals surface area contributed by atoms with Crippen LogP contribution in [0, 0.1) is 0 Å². The Morgan fingerprint density at radius 3 is 2.55 bits per heavy atom. The SMILES string of the molecule is CC(=O)NC1CCN(c2cccc(Cl)c2C(=O)O)CC1. The number of carboxylic acids is 1. The van der Waals surface area contributed by atoms with E-state index in [0.29, 0.717) is 18.8 Å². The molecule has 108 valence electrons. The number of carboxylic acid groups (broad SMARTS) is 1. The van der Waals surface area contributed by atoms with Gasteiger partial charge in [-0.2, -0.15) is 0 Å². The molecule has 2 rings (SSSR count). The lowest BCUT2D eigenvalue weighted by Crippen LogP contribution is -2.44. The molecule has 2 N–H and O–H groups in total. The van der Waals surface area contributed by atoms with E-state index in [-0.39, 0.29) is 22.5 Å². The molecule has 20 heavy (non-hydrogen) atoms. The van der Waals surface area contributed by atoms with Gasteiger partial charge in [0.2, 0.25) is 5.91 Å². The van der Waals surface area contributed by atoms with Gasteiger partial charge >= 0.3 is 5.97 Å². The molecule has 0 aromatic heterocycles. The van der Waals surface area contributed by atoms with Crippen molar-refractivity contribution in [2.24, 2.45) is 0 Å². The summed E-state index contributed by atoms with van der Waals surface area (Å²) in [5.41, 5.74) is 0.790. The number of nitrogens with zero attached hydrogens (tertiary/aromatic N) is 1. The van der Waals surface area contributed by atoms with E-state index in [0.717, 1.165) is 12.8 Å². The fourth-order valence-corrected chi connectivity index (χ4v) is 2.79. The summed E-state index contributed by atoms with van der Waals surface area (Å²) in [6.45, 7) is 2.91. The van der Waals surface area contributed by atoms with Crippen LogP contribution in [0.4, 0.5) is 5.69 Å². The van der Waals surface area contributed by atoms with Crippen LogP contribution in [0.15, 0.2) is 18.2 Å². The second-order valence-electron chi connectivity index (χ2n) is 4.90. The van der Waals surface area contributed by atoms with Gasteiger partial charge in [0.05, 0.1) is 10.7 Å². The first kappa shape index (κ1) is 14.7. The van der Waals surface area contributed by atoms with E-state index in [1.807, 2.05) is 4.90 Å². The Morgan fingerprint density at radius 2 is 2.00 bits per heavy atom. The predicted molar refractivity (Wildman–Crippen MR) is 77.5 cm³/mol. The van der Waals surface area contributed by atoms with Gasteiger partial charge in [-0.15, -0.1) is 0 Å². The maximum atomic E-state index is 11.3. The average Bonchev–Trinajstić information content (AvgIpc) is 2.38. The van der Waals surface area contributed by atoms with Gasteiger partial charge in [-0.25, -0.2) is 4.79 Å². The number of halogens is 1. The van der Waals surface area contributed by atoms with E-state index in [4.69, 9.17) is 11.6 Å². The van der Waals surface area contributed by atoms with Crippen LogP contribution in [-0.2, 0) is 4.79 Å². The van der Waals surface area contributed by atoms with E-state index in [1.165, 1.54) is 6.92 Å². The number of anilines is 1. The van der Waals surface area contributed by atoms with Crippen LogP contribution in [-0.4, -0.2) is 36.1 Å². The van der Waals surface area contributed by atoms with E-state index in [1.54, 1.807) is 18.2 Å². The average molecular weight is 297 g/mol. The zero-order valence-corrected chi connectivity index (χ0v) is 12.0. The second kappa shape index (κ2) is 6.13. The van der Waals surface area contributed by atoms with Crippen molar-refractivity contribution in [3.05, 3.63) is 28.8 Å². The maximum Gasteiger partial charge on any atom is 0.339 e. The summed E-state index contributed by atoms with van der Waals surface area (Å²) < 4.78 is 0. The Labute approximate surface area is 122 Å². The van der Waals surface area contributed by atoms with Gasteiger partial charge in [0.25, 0.3) is 0 Å². The van der Waals surface area contributed by atoms with Crippen molar-refractivity contribution in [2.45, 2.75) is 25.8 Å². The van der Waals surface area contributed by atoms with Crippen molar-refractivity contribution >= 4 is 29.2 Å². The van der Waals surface area contributed by atoms with Crippen LogP contribution in [0.5, 0.6) is 0 Å². The molecule has 0 aliphatic carbocycles. The highest BCUT2D eigenvalue weighted by Crippen LogP contribution is 2.29. The van der Waals surface area contributed by atoms with Crippen LogP contribution in [0.25, 0.3) is 0 Å². The van der Waals surface area contributed by atoms with Gasteiger partial charge in [-0.3, -0.25) is 4.79 Å². The zero-order valence-electron chi connectivity index (χ0n) is 11.2. The highest BCUT2D eigenvalue weighted by molar-refractivity contribution is 6.34. The molecule has 1 aromatic rings. The molecule has 1 aliphatic heterocycles. The van der Waals surface area contributed by atoms with Crippen LogP contribution in [0.1, 0.15) is 30.1 Å². The minimum atomic E-state index is -1.02. The summed E-state index contributed by atoms with van der Waals surface area (Å²) in [6.07, 6.45) is 1.59. The van der Waals surface area contributed by atoms with Crippen molar-refractivity contribution < 1.29 is 14.7 Å². The van der Waals surface area contributed by atoms with Crippen LogP contribution in [0.3, 0.4) is 0 Å². The molecule has 0 spiro atoms. The molecule has 5 nitrogen and oxygen atoms in total. The number of hydrogen-bond acceptors (Lipinski definition) is 3. The minimum Gasteiger partial charge on any atom is -0.478 e. The number of hydrogen-bond donors (Lipinski definition) is 2. The lowest BCUT2D eigenvalue weighted by molar-refractivity contribution is -0.119. The van der Waals surface area contributed by atoms with Crippen LogP contribution >= 0.6 is 11.6 Å². The zero-order chi connectivity index (χ0) is 14.7. The second-order valence-corrected chi connectivity index (χ2v) is 5.31.